The Balaban J connectivity index is 1.78. The van der Waals surface area contributed by atoms with Gasteiger partial charge in [-0.1, -0.05) is 6.92 Å². The van der Waals surface area contributed by atoms with Gasteiger partial charge in [0.15, 0.2) is 0 Å². The summed E-state index contributed by atoms with van der Waals surface area (Å²) >= 11 is 1.79. The van der Waals surface area contributed by atoms with Crippen LogP contribution in [0, 0.1) is 0 Å². The van der Waals surface area contributed by atoms with E-state index in [0.717, 1.165) is 38.8 Å². The van der Waals surface area contributed by atoms with Crippen molar-refractivity contribution in [1.82, 2.24) is 15.2 Å². The lowest BCUT2D eigenvalue weighted by Crippen LogP contribution is -2.40. The molecule has 118 valence electrons. The van der Waals surface area contributed by atoms with Crippen molar-refractivity contribution < 1.29 is 9.90 Å². The largest absolute Gasteiger partial charge is 0.465 e. The molecule has 1 unspecified atom stereocenters. The van der Waals surface area contributed by atoms with E-state index in [1.54, 1.807) is 11.3 Å². The van der Waals surface area contributed by atoms with Gasteiger partial charge in [0.05, 0.1) is 11.2 Å². The molecule has 0 saturated carbocycles. The Bertz CT molecular complexity index is 450. The molecule has 0 saturated heterocycles. The predicted octanol–water partition coefficient (Wildman–Crippen LogP) is 2.76. The van der Waals surface area contributed by atoms with Crippen LogP contribution in [0.4, 0.5) is 4.79 Å². The summed E-state index contributed by atoms with van der Waals surface area (Å²) in [6, 6.07) is 0.630. The van der Waals surface area contributed by atoms with Crippen molar-refractivity contribution >= 4 is 17.4 Å². The Morgan fingerprint density at radius 1 is 1.52 bits per heavy atom. The smallest absolute Gasteiger partial charge is 0.404 e. The van der Waals surface area contributed by atoms with Crippen LogP contribution in [0.25, 0.3) is 0 Å². The second-order valence-corrected chi connectivity index (χ2v) is 6.53. The van der Waals surface area contributed by atoms with Gasteiger partial charge in [-0.15, -0.1) is 11.3 Å². The molecule has 6 heteroatoms. The molecule has 0 bridgehead atoms. The van der Waals surface area contributed by atoms with Crippen molar-refractivity contribution in [3.8, 4) is 0 Å². The third-order valence-electron chi connectivity index (χ3n) is 4.04. The normalized spacial score (nSPS) is 17.7. The Morgan fingerprint density at radius 2 is 2.38 bits per heavy atom. The van der Waals surface area contributed by atoms with Gasteiger partial charge in [0.2, 0.25) is 0 Å². The summed E-state index contributed by atoms with van der Waals surface area (Å²) in [5.41, 5.74) is 3.27. The average Bonchev–Trinajstić information content (AvgIpc) is 2.92. The number of nitrogens with one attached hydrogen (secondary N) is 1. The van der Waals surface area contributed by atoms with E-state index in [-0.39, 0.29) is 0 Å². The zero-order chi connectivity index (χ0) is 15.1. The van der Waals surface area contributed by atoms with Crippen LogP contribution < -0.4 is 5.32 Å². The van der Waals surface area contributed by atoms with Gasteiger partial charge >= 0.3 is 6.09 Å². The molecular formula is C15H25N3O2S. The Hall–Kier alpha value is -1.14. The summed E-state index contributed by atoms with van der Waals surface area (Å²) in [4.78, 5) is 18.9. The van der Waals surface area contributed by atoms with Gasteiger partial charge in [0.1, 0.15) is 0 Å². The highest BCUT2D eigenvalue weighted by molar-refractivity contribution is 7.09. The average molecular weight is 311 g/mol. The van der Waals surface area contributed by atoms with Gasteiger partial charge < -0.3 is 15.3 Å². The van der Waals surface area contributed by atoms with Crippen molar-refractivity contribution in [3.63, 3.8) is 0 Å². The molecule has 2 N–H and O–H groups in total. The number of carboxylic acid groups (broad SMARTS) is 1. The van der Waals surface area contributed by atoms with Gasteiger partial charge in [-0.3, -0.25) is 0 Å². The molecule has 5 nitrogen and oxygen atoms in total. The van der Waals surface area contributed by atoms with Gasteiger partial charge in [-0.2, -0.15) is 0 Å². The number of aryl methyl sites for hydroxylation is 1. The van der Waals surface area contributed by atoms with E-state index in [1.807, 2.05) is 5.51 Å². The van der Waals surface area contributed by atoms with E-state index in [1.165, 1.54) is 23.4 Å². The maximum absolute atomic E-state index is 10.4. The molecule has 21 heavy (non-hydrogen) atoms. The fourth-order valence-corrected chi connectivity index (χ4v) is 3.88. The molecule has 1 aliphatic carbocycles. The quantitative estimate of drug-likeness (QED) is 0.725. The van der Waals surface area contributed by atoms with E-state index in [0.29, 0.717) is 12.6 Å². The highest BCUT2D eigenvalue weighted by atomic mass is 32.1. The van der Waals surface area contributed by atoms with Crippen LogP contribution in [0.15, 0.2) is 5.51 Å². The summed E-state index contributed by atoms with van der Waals surface area (Å²) < 4.78 is 0. The second kappa shape index (κ2) is 8.34. The fourth-order valence-electron chi connectivity index (χ4n) is 2.99. The van der Waals surface area contributed by atoms with Crippen molar-refractivity contribution in [3.05, 3.63) is 16.1 Å². The van der Waals surface area contributed by atoms with Gasteiger partial charge in [0.25, 0.3) is 0 Å². The molecular weight excluding hydrogens is 286 g/mol. The van der Waals surface area contributed by atoms with Crippen LogP contribution >= 0.6 is 11.3 Å². The highest BCUT2D eigenvalue weighted by Gasteiger charge is 2.25. The predicted molar refractivity (Wildman–Crippen MR) is 85.1 cm³/mol. The summed E-state index contributed by atoms with van der Waals surface area (Å²) in [6.45, 7) is 4.97. The van der Waals surface area contributed by atoms with Crippen LogP contribution in [0.2, 0.25) is 0 Å². The van der Waals surface area contributed by atoms with Crippen molar-refractivity contribution in [2.45, 2.75) is 51.5 Å². The van der Waals surface area contributed by atoms with Gasteiger partial charge in [-0.25, -0.2) is 9.78 Å². The van der Waals surface area contributed by atoms with E-state index in [2.05, 4.69) is 22.1 Å². The van der Waals surface area contributed by atoms with Crippen LogP contribution in [0.5, 0.6) is 0 Å². The van der Waals surface area contributed by atoms with Crippen LogP contribution in [0.1, 0.15) is 43.2 Å². The number of unbranched alkanes of at least 4 members (excludes halogenated alkanes) is 1. The minimum Gasteiger partial charge on any atom is -0.465 e. The molecule has 0 fully saturated rings. The number of amides is 1. The number of thiazole rings is 1. The molecule has 0 aliphatic heterocycles. The zero-order valence-corrected chi connectivity index (χ0v) is 13.5. The van der Waals surface area contributed by atoms with Crippen LogP contribution in [-0.2, 0) is 12.8 Å². The minimum absolute atomic E-state index is 0.555. The van der Waals surface area contributed by atoms with E-state index in [4.69, 9.17) is 5.11 Å². The summed E-state index contributed by atoms with van der Waals surface area (Å²) in [5, 5.41) is 11.0. The molecule has 1 aromatic heterocycles. The van der Waals surface area contributed by atoms with Crippen molar-refractivity contribution in [2.24, 2.45) is 0 Å². The number of carbonyl (C=O) groups is 1. The van der Waals surface area contributed by atoms with Crippen molar-refractivity contribution in [2.75, 3.05) is 19.6 Å². The lowest BCUT2D eigenvalue weighted by molar-refractivity contribution is 0.175. The molecule has 1 amide bonds. The zero-order valence-electron chi connectivity index (χ0n) is 12.7. The maximum atomic E-state index is 10.4. The topological polar surface area (TPSA) is 65.5 Å². The highest BCUT2D eigenvalue weighted by Crippen LogP contribution is 2.27. The first kappa shape index (κ1) is 16.2. The van der Waals surface area contributed by atoms with Gasteiger partial charge in [-0.05, 0) is 51.6 Å². The molecule has 0 spiro atoms. The SMILES string of the molecule is CCCN(CCCCNC(=O)O)C1CCc2ncsc2C1. The lowest BCUT2D eigenvalue weighted by atomic mass is 9.96. The summed E-state index contributed by atoms with van der Waals surface area (Å²) in [5.74, 6) is 0. The number of hydrogen-bond donors (Lipinski definition) is 2. The Morgan fingerprint density at radius 3 is 3.14 bits per heavy atom. The first-order valence-electron chi connectivity index (χ1n) is 7.82. The van der Waals surface area contributed by atoms with Crippen LogP contribution in [0.3, 0.4) is 0 Å². The number of hydrogen-bond acceptors (Lipinski definition) is 4. The number of rotatable bonds is 8. The molecule has 1 atom stereocenters. The summed E-state index contributed by atoms with van der Waals surface area (Å²) in [7, 11) is 0. The molecule has 2 rings (SSSR count). The maximum Gasteiger partial charge on any atom is 0.404 e. The van der Waals surface area contributed by atoms with E-state index in [9.17, 15) is 4.79 Å². The number of nitrogens with zero attached hydrogens (tertiary/aromatic N) is 2. The molecule has 1 heterocycles. The first-order chi connectivity index (χ1) is 10.2. The fraction of sp³-hybridized carbons (Fsp3) is 0.733. The minimum atomic E-state index is -0.926. The van der Waals surface area contributed by atoms with Crippen LogP contribution in [-0.4, -0.2) is 46.8 Å². The van der Waals surface area contributed by atoms with E-state index < -0.39 is 6.09 Å². The molecule has 0 aromatic carbocycles. The number of fused-ring (bicyclic) bond motifs is 1. The lowest BCUT2D eigenvalue weighted by Gasteiger charge is -2.33. The number of aromatic nitrogens is 1. The third-order valence-corrected chi connectivity index (χ3v) is 4.93. The van der Waals surface area contributed by atoms with Crippen molar-refractivity contribution in [1.29, 1.82) is 0 Å². The molecule has 1 aromatic rings. The van der Waals surface area contributed by atoms with E-state index >= 15 is 0 Å². The monoisotopic (exact) mass is 311 g/mol. The summed E-state index contributed by atoms with van der Waals surface area (Å²) in [6.07, 6.45) is 5.63. The third kappa shape index (κ3) is 4.97. The molecule has 0 radical (unpaired) electrons. The Kier molecular flexibility index (Phi) is 6.45. The Labute approximate surface area is 130 Å². The standard InChI is InChI=1S/C15H25N3O2S/c1-2-8-18(9-4-3-7-16-15(19)20)12-5-6-13-14(10-12)21-11-17-13/h11-12,16H,2-10H2,1H3,(H,19,20). The molecule has 1 aliphatic rings. The first-order valence-corrected chi connectivity index (χ1v) is 8.70. The van der Waals surface area contributed by atoms with Gasteiger partial charge in [0, 0.05) is 17.5 Å². The second-order valence-electron chi connectivity index (χ2n) is 5.59.